The molecule has 2 saturated carbocycles. The number of aliphatic hydroxyl groups is 3. The van der Waals surface area contributed by atoms with Crippen LogP contribution in [0.15, 0.2) is 41.5 Å². The maximum Gasteiger partial charge on any atom is 0.407 e. The van der Waals surface area contributed by atoms with Crippen molar-refractivity contribution in [2.45, 2.75) is 167 Å². The Morgan fingerprint density at radius 2 is 1.73 bits per heavy atom. The van der Waals surface area contributed by atoms with Gasteiger partial charge < -0.3 is 53.8 Å². The first-order valence-electron chi connectivity index (χ1n) is 22.0. The minimum atomic E-state index is -2.06. The van der Waals surface area contributed by atoms with Crippen LogP contribution in [-0.4, -0.2) is 142 Å². The lowest BCUT2D eigenvalue weighted by Crippen LogP contribution is -2.79. The number of esters is 3. The second-order valence-electron chi connectivity index (χ2n) is 20.4. The first-order valence-corrected chi connectivity index (χ1v) is 22.0. The number of ether oxygens (including phenoxy) is 7. The van der Waals surface area contributed by atoms with Crippen LogP contribution in [0.25, 0.3) is 0 Å². The van der Waals surface area contributed by atoms with Crippen LogP contribution in [0.1, 0.15) is 105 Å². The monoisotopic (exact) mass is 870 g/mol. The van der Waals surface area contributed by atoms with Gasteiger partial charge in [0.15, 0.2) is 18.0 Å². The molecule has 5 fully saturated rings. The summed E-state index contributed by atoms with van der Waals surface area (Å²) in [6.45, 7) is 18.4. The predicted molar refractivity (Wildman–Crippen MR) is 221 cm³/mol. The van der Waals surface area contributed by atoms with Crippen LogP contribution < -0.4 is 5.32 Å². The van der Waals surface area contributed by atoms with Gasteiger partial charge in [0, 0.05) is 43.3 Å². The van der Waals surface area contributed by atoms with Gasteiger partial charge in [-0.1, -0.05) is 52.8 Å². The molecule has 0 unspecified atom stereocenters. The van der Waals surface area contributed by atoms with Crippen molar-refractivity contribution in [2.75, 3.05) is 26.3 Å². The quantitative estimate of drug-likeness (QED) is 0.142. The zero-order valence-electron chi connectivity index (χ0n) is 37.7. The molecule has 3 saturated heterocycles. The molecular weight excluding hydrogens is 805 g/mol. The van der Waals surface area contributed by atoms with Gasteiger partial charge in [0.1, 0.15) is 35.6 Å². The Morgan fingerprint density at radius 3 is 2.29 bits per heavy atom. The second kappa shape index (κ2) is 16.7. The summed E-state index contributed by atoms with van der Waals surface area (Å²) in [5.41, 5.74) is -5.18. The van der Waals surface area contributed by atoms with Crippen molar-refractivity contribution in [3.8, 4) is 0 Å². The summed E-state index contributed by atoms with van der Waals surface area (Å²) in [5, 5.41) is 38.1. The molecule has 0 aromatic heterocycles. The van der Waals surface area contributed by atoms with Gasteiger partial charge in [0.25, 0.3) is 0 Å². The third kappa shape index (κ3) is 7.95. The molecule has 7 rings (SSSR count). The summed E-state index contributed by atoms with van der Waals surface area (Å²) in [7, 11) is 0. The van der Waals surface area contributed by atoms with Crippen molar-refractivity contribution in [1.82, 2.24) is 10.2 Å². The molecule has 4 N–H and O–H groups in total. The molecule has 3 aliphatic carbocycles. The molecule has 16 nitrogen and oxygen atoms in total. The van der Waals surface area contributed by atoms with E-state index in [4.69, 9.17) is 33.2 Å². The summed E-state index contributed by atoms with van der Waals surface area (Å²) in [6, 6.07) is 7.24. The fraction of sp³-hybridized carbons (Fsp3) is 0.739. The van der Waals surface area contributed by atoms with Crippen LogP contribution in [0.5, 0.6) is 0 Å². The molecule has 1 aromatic carbocycles. The molecular formula is C46H66N2O14. The summed E-state index contributed by atoms with van der Waals surface area (Å²) in [5.74, 6) is -3.74. The molecule has 6 aliphatic rings. The molecule has 3 heterocycles. The van der Waals surface area contributed by atoms with Crippen molar-refractivity contribution in [3.05, 3.63) is 47.0 Å². The van der Waals surface area contributed by atoms with E-state index in [1.807, 2.05) is 20.8 Å². The molecule has 62 heavy (non-hydrogen) atoms. The number of nitrogens with zero attached hydrogens (tertiary/aromatic N) is 1. The highest BCUT2D eigenvalue weighted by Gasteiger charge is 2.77. The van der Waals surface area contributed by atoms with Crippen LogP contribution >= 0.6 is 0 Å². The normalized spacial score (nSPS) is 37.1. The highest BCUT2D eigenvalue weighted by molar-refractivity contribution is 5.89. The minimum absolute atomic E-state index is 0.0195. The number of rotatable bonds is 11. The van der Waals surface area contributed by atoms with Crippen molar-refractivity contribution in [3.63, 3.8) is 0 Å². The van der Waals surface area contributed by atoms with E-state index >= 15 is 0 Å². The van der Waals surface area contributed by atoms with Gasteiger partial charge in [-0.05, 0) is 76.2 Å². The number of benzene rings is 1. The molecule has 3 aliphatic heterocycles. The van der Waals surface area contributed by atoms with Gasteiger partial charge in [0.05, 0.1) is 36.8 Å². The molecule has 2 bridgehead atoms. The van der Waals surface area contributed by atoms with Crippen LogP contribution in [0.3, 0.4) is 0 Å². The average Bonchev–Trinajstić information content (AvgIpc) is 3.58. The first-order chi connectivity index (χ1) is 29.0. The summed E-state index contributed by atoms with van der Waals surface area (Å²) in [4.78, 5) is 56.8. The Balaban J connectivity index is 1.37. The van der Waals surface area contributed by atoms with Gasteiger partial charge >= 0.3 is 24.0 Å². The van der Waals surface area contributed by atoms with Gasteiger partial charge in [-0.15, -0.1) is 0 Å². The van der Waals surface area contributed by atoms with Crippen LogP contribution in [0.4, 0.5) is 4.79 Å². The average molecular weight is 871 g/mol. The fourth-order valence-corrected chi connectivity index (χ4v) is 11.3. The van der Waals surface area contributed by atoms with E-state index in [-0.39, 0.29) is 31.2 Å². The smallest absolute Gasteiger partial charge is 0.407 e. The van der Waals surface area contributed by atoms with Crippen molar-refractivity contribution in [1.29, 1.82) is 0 Å². The van der Waals surface area contributed by atoms with Gasteiger partial charge in [-0.2, -0.15) is 0 Å². The molecule has 1 amide bonds. The molecule has 16 heteroatoms. The summed E-state index contributed by atoms with van der Waals surface area (Å²) < 4.78 is 44.8. The number of amides is 1. The Kier molecular flexibility index (Phi) is 12.5. The fourth-order valence-electron chi connectivity index (χ4n) is 11.3. The Bertz CT molecular complexity index is 1910. The van der Waals surface area contributed by atoms with Crippen LogP contribution in [0.2, 0.25) is 0 Å². The zero-order valence-corrected chi connectivity index (χ0v) is 37.7. The molecule has 0 spiro atoms. The number of carbonyl (C=O) groups is 4. The number of nitrogens with one attached hydrogen (secondary N) is 1. The summed E-state index contributed by atoms with van der Waals surface area (Å²) in [6.07, 6.45) is -6.83. The lowest BCUT2D eigenvalue weighted by Gasteiger charge is -2.68. The van der Waals surface area contributed by atoms with Crippen LogP contribution in [-0.2, 0) is 42.7 Å². The topological polar surface area (TPSA) is 209 Å². The first kappa shape index (κ1) is 46.4. The highest BCUT2D eigenvalue weighted by atomic mass is 16.7. The van der Waals surface area contributed by atoms with E-state index in [1.54, 1.807) is 71.9 Å². The predicted octanol–water partition coefficient (Wildman–Crippen LogP) is 3.82. The van der Waals surface area contributed by atoms with Crippen molar-refractivity contribution in [2.24, 2.45) is 22.7 Å². The Morgan fingerprint density at radius 1 is 1.03 bits per heavy atom. The number of likely N-dealkylation sites (tertiary alicyclic amines) is 1. The number of aliphatic hydroxyl groups excluding tert-OH is 2. The third-order valence-corrected chi connectivity index (χ3v) is 14.7. The number of fused-ring (bicyclic) bond motifs is 8. The number of hydrogen-bond donors (Lipinski definition) is 4. The Hall–Kier alpha value is -3.64. The zero-order chi connectivity index (χ0) is 45.3. The SMILES string of the molecule is CC(=O)O[C@@]12CO[C@@H]1CC[C@@]1(C)[C@@H]3O[C@H](CN4CC[C@H]4CO)O[C@@H]3C3=C(C)[C@@H](OC(=O)[C@H](O)[C@@H](NC(=O)OC(C)(C)C)C(C)C)C[C@@](O)([C@@H](OC(=O)c4ccccc4)[C@@H]12)C3(C)C. The summed E-state index contributed by atoms with van der Waals surface area (Å²) >= 11 is 0. The largest absolute Gasteiger partial charge is 0.456 e. The lowest BCUT2D eigenvalue weighted by atomic mass is 9.45. The van der Waals surface area contributed by atoms with E-state index in [0.717, 1.165) is 13.0 Å². The standard InChI is InChI=1S/C46H66N2O14/c1-24(2)33(47-41(54)62-42(5,6)7)34(51)40(53)57-29-20-46(55)38(60-39(52)27-14-12-11-13-15-27)36-44(10,18-16-30-45(36,23-56-30)61-26(4)50)37-35(32(25(29)3)43(46,8)9)58-31(59-37)21-48-19-17-28(48)22-49/h11-15,24,28-31,33-38,49,51,55H,16-23H2,1-10H3,(H,47,54)/t28-,29-,30+,31+,33-,34+,35+,36-,37+,38-,44+,45-,46+/m0/s1. The van der Waals surface area contributed by atoms with E-state index in [1.165, 1.54) is 6.92 Å². The van der Waals surface area contributed by atoms with Gasteiger partial charge in [0.2, 0.25) is 0 Å². The maximum absolute atomic E-state index is 14.4. The minimum Gasteiger partial charge on any atom is -0.456 e. The van der Waals surface area contributed by atoms with Gasteiger partial charge in [-0.25, -0.2) is 14.4 Å². The van der Waals surface area contributed by atoms with Crippen molar-refractivity contribution >= 4 is 24.0 Å². The maximum atomic E-state index is 14.4. The van der Waals surface area contributed by atoms with Crippen LogP contribution in [0, 0.1) is 22.7 Å². The third-order valence-electron chi connectivity index (χ3n) is 14.7. The highest BCUT2D eigenvalue weighted by Crippen LogP contribution is 2.66. The molecule has 344 valence electrons. The van der Waals surface area contributed by atoms with Gasteiger partial charge in [-0.3, -0.25) is 9.69 Å². The lowest BCUT2D eigenvalue weighted by molar-refractivity contribution is -0.345. The number of carbonyl (C=O) groups excluding carboxylic acids is 4. The number of hydrogen-bond acceptors (Lipinski definition) is 15. The van der Waals surface area contributed by atoms with E-state index in [2.05, 4.69) is 10.2 Å². The Labute approximate surface area is 363 Å². The molecule has 1 aromatic rings. The second-order valence-corrected chi connectivity index (χ2v) is 20.4. The van der Waals surface area contributed by atoms with E-state index < -0.39 is 112 Å². The van der Waals surface area contributed by atoms with Crippen molar-refractivity contribution < 1.29 is 67.7 Å². The number of alkyl carbamates (subject to hydrolysis) is 1. The molecule has 13 atom stereocenters. The van der Waals surface area contributed by atoms with E-state index in [9.17, 15) is 34.5 Å². The molecule has 0 radical (unpaired) electrons. The van der Waals surface area contributed by atoms with E-state index in [0.29, 0.717) is 30.5 Å².